The number of hydrogen-bond donors (Lipinski definition) is 0. The quantitative estimate of drug-likeness (QED) is 0.160. The third kappa shape index (κ3) is 6.21. The molecule has 3 nitrogen and oxygen atoms in total. The number of nitrogens with zero attached hydrogens (tertiary/aromatic N) is 3. The maximum Gasteiger partial charge on any atom is 0.277 e. The van der Waals surface area contributed by atoms with Crippen molar-refractivity contribution in [1.29, 1.82) is 0 Å². The van der Waals surface area contributed by atoms with Crippen molar-refractivity contribution in [1.82, 2.24) is 0 Å². The first kappa shape index (κ1) is 38.8. The van der Waals surface area contributed by atoms with E-state index in [0.29, 0.717) is 0 Å². The summed E-state index contributed by atoms with van der Waals surface area (Å²) in [5.41, 5.74) is 17.3. The minimum atomic E-state index is 0.0349. The Bertz CT molecular complexity index is 2960. The van der Waals surface area contributed by atoms with Crippen molar-refractivity contribution >= 4 is 116 Å². The number of anilines is 9. The molecule has 2 aliphatic rings. The van der Waals surface area contributed by atoms with Crippen LogP contribution in [0, 0.1) is 13.8 Å². The molecule has 2 aromatic heterocycles. The summed E-state index contributed by atoms with van der Waals surface area (Å²) in [6.45, 7) is 18.3. The van der Waals surface area contributed by atoms with Gasteiger partial charge in [0.1, 0.15) is 0 Å². The molecule has 7 aromatic carbocycles. The van der Waals surface area contributed by atoms with Crippen LogP contribution in [0.4, 0.5) is 51.2 Å². The fraction of sp³-hybridized carbons (Fsp3) is 0.179. The second kappa shape index (κ2) is 14.2. The summed E-state index contributed by atoms with van der Waals surface area (Å²) < 4.78 is 5.47. The zero-order chi connectivity index (χ0) is 42.7. The summed E-state index contributed by atoms with van der Waals surface area (Å²) in [4.78, 5) is 7.64. The molecule has 0 saturated carbocycles. The van der Waals surface area contributed by atoms with E-state index >= 15 is 0 Å². The van der Waals surface area contributed by atoms with Gasteiger partial charge < -0.3 is 14.7 Å². The summed E-state index contributed by atoms with van der Waals surface area (Å²) in [5.74, 6) is 0. The molecule has 0 saturated heterocycles. The molecule has 62 heavy (non-hydrogen) atoms. The van der Waals surface area contributed by atoms with Gasteiger partial charge in [-0.1, -0.05) is 126 Å². The Morgan fingerprint density at radius 1 is 0.452 bits per heavy atom. The second-order valence-corrected chi connectivity index (χ2v) is 21.4. The third-order valence-electron chi connectivity index (χ3n) is 12.8. The fourth-order valence-electron chi connectivity index (χ4n) is 9.66. The molecule has 0 amide bonds. The molecule has 0 fully saturated rings. The molecule has 9 aromatic rings. The molecule has 0 N–H and O–H groups in total. The van der Waals surface area contributed by atoms with Crippen LogP contribution in [0.1, 0.15) is 63.8 Å². The van der Waals surface area contributed by atoms with Crippen LogP contribution in [-0.2, 0) is 10.8 Å². The maximum absolute atomic E-state index is 2.60. The van der Waals surface area contributed by atoms with Gasteiger partial charge in [0.2, 0.25) is 0 Å². The van der Waals surface area contributed by atoms with Crippen LogP contribution in [0.3, 0.4) is 0 Å². The standard InChI is InChI=1S/C56H50BN3S2/c1-35-19-29-44-48(31-35)61-53-51(44)59(41-25-21-37(22-26-41)55(3,4)5)46-33-43(58(39-15-11-9-12-16-39)40-17-13-10-14-18-40)34-47-50(46)57(53)54-52(45-30-20-36(2)32-49(45)62-54)60(47)42-27-23-38(24-28-42)56(6,7)8/h9-34H,1-8H3. The molecular formula is C56H50BN3S2. The molecule has 0 radical (unpaired) electrons. The van der Waals surface area contributed by atoms with Crippen molar-refractivity contribution in [2.45, 2.75) is 66.2 Å². The smallest absolute Gasteiger partial charge is 0.277 e. The van der Waals surface area contributed by atoms with E-state index < -0.39 is 0 Å². The minimum absolute atomic E-state index is 0.0349. The van der Waals surface area contributed by atoms with Gasteiger partial charge in [-0.3, -0.25) is 0 Å². The van der Waals surface area contributed by atoms with Crippen LogP contribution in [0.25, 0.3) is 20.2 Å². The van der Waals surface area contributed by atoms with Gasteiger partial charge in [-0.2, -0.15) is 0 Å². The molecular weight excluding hydrogens is 790 g/mol. The number of rotatable bonds is 5. The average Bonchev–Trinajstić information content (AvgIpc) is 3.81. The zero-order valence-corrected chi connectivity index (χ0v) is 38.4. The summed E-state index contributed by atoms with van der Waals surface area (Å²) in [6.07, 6.45) is 0. The van der Waals surface area contributed by atoms with Crippen LogP contribution >= 0.6 is 22.7 Å². The lowest BCUT2D eigenvalue weighted by atomic mass is 9.39. The summed E-state index contributed by atoms with van der Waals surface area (Å²) in [6, 6.07) is 59.5. The Hall–Kier alpha value is -6.08. The number of benzene rings is 7. The molecule has 11 rings (SSSR count). The molecule has 0 spiro atoms. The number of para-hydroxylation sites is 2. The van der Waals surface area contributed by atoms with Crippen molar-refractivity contribution in [2.75, 3.05) is 14.7 Å². The van der Waals surface area contributed by atoms with Crippen molar-refractivity contribution in [3.05, 3.63) is 180 Å². The molecule has 2 aliphatic heterocycles. The lowest BCUT2D eigenvalue weighted by Gasteiger charge is -2.43. The van der Waals surface area contributed by atoms with Crippen molar-refractivity contribution in [3.8, 4) is 0 Å². The van der Waals surface area contributed by atoms with Gasteiger partial charge in [-0.15, -0.1) is 22.7 Å². The highest BCUT2D eigenvalue weighted by Gasteiger charge is 2.47. The first-order valence-electron chi connectivity index (χ1n) is 21.8. The first-order valence-corrected chi connectivity index (χ1v) is 23.4. The van der Waals surface area contributed by atoms with Gasteiger partial charge in [0.05, 0.1) is 17.1 Å². The molecule has 304 valence electrons. The number of fused-ring (bicyclic) bond motifs is 8. The normalized spacial score (nSPS) is 13.4. The van der Waals surface area contributed by atoms with Gasteiger partial charge in [0.15, 0.2) is 0 Å². The molecule has 0 bridgehead atoms. The van der Waals surface area contributed by atoms with Crippen molar-refractivity contribution in [2.24, 2.45) is 0 Å². The SMILES string of the molecule is Cc1ccc2c3c(sc2c1)B1c2sc4cc(C)ccc4c2N(c2ccc(C(C)(C)C)cc2)c2cc(N(c4ccccc4)c4ccccc4)cc(c21)N3c1ccc(C(C)(C)C)cc1. The molecule has 0 aliphatic carbocycles. The lowest BCUT2D eigenvalue weighted by molar-refractivity contribution is 0.590. The Morgan fingerprint density at radius 2 is 0.855 bits per heavy atom. The highest BCUT2D eigenvalue weighted by atomic mass is 32.1. The lowest BCUT2D eigenvalue weighted by Crippen LogP contribution is -2.59. The summed E-state index contributed by atoms with van der Waals surface area (Å²) in [7, 11) is 0. The van der Waals surface area contributed by atoms with E-state index in [-0.39, 0.29) is 17.5 Å². The molecule has 0 unspecified atom stereocenters. The molecule has 4 heterocycles. The van der Waals surface area contributed by atoms with Gasteiger partial charge in [-0.25, -0.2) is 0 Å². The fourth-order valence-corrected chi connectivity index (χ4v) is 12.5. The Kier molecular flexibility index (Phi) is 8.91. The van der Waals surface area contributed by atoms with E-state index in [1.807, 2.05) is 22.7 Å². The average molecular weight is 840 g/mol. The van der Waals surface area contributed by atoms with Crippen LogP contribution in [0.5, 0.6) is 0 Å². The van der Waals surface area contributed by atoms with Gasteiger partial charge in [0, 0.05) is 63.8 Å². The maximum atomic E-state index is 2.60. The minimum Gasteiger partial charge on any atom is -0.310 e. The summed E-state index contributed by atoms with van der Waals surface area (Å²) in [5, 5.41) is 2.60. The predicted octanol–water partition coefficient (Wildman–Crippen LogP) is 14.9. The van der Waals surface area contributed by atoms with E-state index in [1.165, 1.54) is 91.6 Å². The Morgan fingerprint density at radius 3 is 1.24 bits per heavy atom. The molecule has 6 heteroatoms. The van der Waals surface area contributed by atoms with Gasteiger partial charge in [0.25, 0.3) is 6.71 Å². The monoisotopic (exact) mass is 839 g/mol. The van der Waals surface area contributed by atoms with Crippen LogP contribution in [0.2, 0.25) is 0 Å². The van der Waals surface area contributed by atoms with Gasteiger partial charge >= 0.3 is 0 Å². The van der Waals surface area contributed by atoms with E-state index in [2.05, 4.69) is 228 Å². The highest BCUT2D eigenvalue weighted by molar-refractivity contribution is 7.40. The second-order valence-electron chi connectivity index (χ2n) is 19.2. The number of aryl methyl sites for hydroxylation is 2. The van der Waals surface area contributed by atoms with Crippen molar-refractivity contribution in [3.63, 3.8) is 0 Å². The summed E-state index contributed by atoms with van der Waals surface area (Å²) >= 11 is 3.95. The third-order valence-corrected chi connectivity index (χ3v) is 15.2. The Balaban J connectivity index is 1.29. The zero-order valence-electron chi connectivity index (χ0n) is 36.7. The highest BCUT2D eigenvalue weighted by Crippen LogP contribution is 2.53. The largest absolute Gasteiger partial charge is 0.310 e. The topological polar surface area (TPSA) is 9.72 Å². The van der Waals surface area contributed by atoms with Crippen LogP contribution < -0.4 is 29.7 Å². The van der Waals surface area contributed by atoms with Crippen LogP contribution in [-0.4, -0.2) is 6.71 Å². The first-order chi connectivity index (χ1) is 29.8. The Labute approximate surface area is 374 Å². The number of thiophene rings is 2. The van der Waals surface area contributed by atoms with Crippen molar-refractivity contribution < 1.29 is 0 Å². The van der Waals surface area contributed by atoms with E-state index in [0.717, 1.165) is 17.1 Å². The van der Waals surface area contributed by atoms with E-state index in [4.69, 9.17) is 0 Å². The number of hydrogen-bond acceptors (Lipinski definition) is 5. The van der Waals surface area contributed by atoms with E-state index in [1.54, 1.807) is 0 Å². The van der Waals surface area contributed by atoms with E-state index in [9.17, 15) is 0 Å². The predicted molar refractivity (Wildman–Crippen MR) is 273 cm³/mol. The van der Waals surface area contributed by atoms with Crippen LogP contribution in [0.15, 0.2) is 158 Å². The van der Waals surface area contributed by atoms with Gasteiger partial charge in [-0.05, 0) is 125 Å². The molecule has 0 atom stereocenters.